The van der Waals surface area contributed by atoms with Crippen molar-refractivity contribution in [3.8, 4) is 5.69 Å². The molecular formula is C22H20N4O4. The number of nitrogen functional groups attached to an aromatic ring is 1. The number of carboxylic acids is 1. The predicted octanol–water partition coefficient (Wildman–Crippen LogP) is 3.81. The van der Waals surface area contributed by atoms with E-state index >= 15 is 0 Å². The summed E-state index contributed by atoms with van der Waals surface area (Å²) in [5, 5.41) is 9.16. The van der Waals surface area contributed by atoms with E-state index in [1.54, 1.807) is 16.7 Å². The SMILES string of the molecule is CCCCOC(=O)c1c(N)n(-c2ccc(C(=O)O)cc2)c2nc3ccccc3nc12. The fraction of sp³-hybridized carbons (Fsp3) is 0.182. The highest BCUT2D eigenvalue weighted by atomic mass is 16.5. The third kappa shape index (κ3) is 3.32. The lowest BCUT2D eigenvalue weighted by Crippen LogP contribution is -2.10. The molecule has 2 heterocycles. The van der Waals surface area contributed by atoms with Gasteiger partial charge in [0.25, 0.3) is 0 Å². The zero-order chi connectivity index (χ0) is 21.3. The summed E-state index contributed by atoms with van der Waals surface area (Å²) in [6.45, 7) is 2.29. The number of hydrogen-bond acceptors (Lipinski definition) is 6. The van der Waals surface area contributed by atoms with Crippen LogP contribution in [0.3, 0.4) is 0 Å². The largest absolute Gasteiger partial charge is 0.478 e. The molecule has 0 unspecified atom stereocenters. The first-order chi connectivity index (χ1) is 14.5. The molecule has 0 aliphatic rings. The van der Waals surface area contributed by atoms with Crippen molar-refractivity contribution in [1.29, 1.82) is 0 Å². The molecule has 0 amide bonds. The van der Waals surface area contributed by atoms with Crippen molar-refractivity contribution >= 4 is 40.0 Å². The van der Waals surface area contributed by atoms with Crippen LogP contribution in [-0.4, -0.2) is 38.2 Å². The van der Waals surface area contributed by atoms with E-state index in [2.05, 4.69) is 9.97 Å². The number of para-hydroxylation sites is 2. The summed E-state index contributed by atoms with van der Waals surface area (Å²) in [5.74, 6) is -1.45. The minimum atomic E-state index is -1.03. The molecule has 0 atom stereocenters. The lowest BCUT2D eigenvalue weighted by molar-refractivity contribution is 0.0502. The molecule has 30 heavy (non-hydrogen) atoms. The van der Waals surface area contributed by atoms with Crippen LogP contribution in [0.5, 0.6) is 0 Å². The molecule has 3 N–H and O–H groups in total. The fourth-order valence-electron chi connectivity index (χ4n) is 3.26. The summed E-state index contributed by atoms with van der Waals surface area (Å²) in [6, 6.07) is 13.5. The number of carbonyl (C=O) groups excluding carboxylic acids is 1. The average molecular weight is 404 g/mol. The highest BCUT2D eigenvalue weighted by molar-refractivity contribution is 6.09. The highest BCUT2D eigenvalue weighted by Gasteiger charge is 2.26. The Bertz CT molecular complexity index is 1260. The Balaban J connectivity index is 1.94. The quantitative estimate of drug-likeness (QED) is 0.370. The summed E-state index contributed by atoms with van der Waals surface area (Å²) >= 11 is 0. The third-order valence-electron chi connectivity index (χ3n) is 4.81. The van der Waals surface area contributed by atoms with Crippen molar-refractivity contribution in [3.05, 3.63) is 59.7 Å². The number of aromatic carboxylic acids is 1. The van der Waals surface area contributed by atoms with E-state index in [0.717, 1.165) is 12.8 Å². The van der Waals surface area contributed by atoms with Gasteiger partial charge in [0.15, 0.2) is 5.65 Å². The van der Waals surface area contributed by atoms with Crippen LogP contribution in [0.4, 0.5) is 5.82 Å². The molecular weight excluding hydrogens is 384 g/mol. The standard InChI is InChI=1S/C22H20N4O4/c1-2-3-12-30-22(29)17-18-20(25-16-7-5-4-6-15(16)24-18)26(19(17)23)14-10-8-13(9-11-14)21(27)28/h4-11H,2-3,12,23H2,1H3,(H,27,28). The van der Waals surface area contributed by atoms with E-state index in [-0.39, 0.29) is 23.6 Å². The highest BCUT2D eigenvalue weighted by Crippen LogP contribution is 2.31. The van der Waals surface area contributed by atoms with Crippen LogP contribution in [0.1, 0.15) is 40.5 Å². The van der Waals surface area contributed by atoms with Crippen molar-refractivity contribution < 1.29 is 19.4 Å². The Morgan fingerprint density at radius 3 is 2.37 bits per heavy atom. The number of anilines is 1. The first kappa shape index (κ1) is 19.4. The van der Waals surface area contributed by atoms with Crippen LogP contribution in [-0.2, 0) is 4.74 Å². The van der Waals surface area contributed by atoms with E-state index in [9.17, 15) is 9.59 Å². The smallest absolute Gasteiger partial charge is 0.344 e. The number of benzene rings is 2. The van der Waals surface area contributed by atoms with Crippen molar-refractivity contribution in [3.63, 3.8) is 0 Å². The number of nitrogens with two attached hydrogens (primary N) is 1. The monoisotopic (exact) mass is 404 g/mol. The van der Waals surface area contributed by atoms with Crippen LogP contribution < -0.4 is 5.73 Å². The molecule has 152 valence electrons. The molecule has 2 aromatic heterocycles. The van der Waals surface area contributed by atoms with E-state index in [1.807, 2.05) is 31.2 Å². The van der Waals surface area contributed by atoms with Crippen molar-refractivity contribution in [2.24, 2.45) is 0 Å². The molecule has 4 rings (SSSR count). The van der Waals surface area contributed by atoms with E-state index in [4.69, 9.17) is 15.6 Å². The number of rotatable bonds is 6. The molecule has 0 fully saturated rings. The lowest BCUT2D eigenvalue weighted by atomic mass is 10.2. The second kappa shape index (κ2) is 7.82. The summed E-state index contributed by atoms with van der Waals surface area (Å²) in [5.41, 5.74) is 9.27. The fourth-order valence-corrected chi connectivity index (χ4v) is 3.26. The molecule has 0 aliphatic carbocycles. The molecule has 0 saturated carbocycles. The molecule has 0 saturated heterocycles. The molecule has 0 bridgehead atoms. The topological polar surface area (TPSA) is 120 Å². The number of fused-ring (bicyclic) bond motifs is 2. The maximum absolute atomic E-state index is 12.8. The first-order valence-corrected chi connectivity index (χ1v) is 9.58. The normalized spacial score (nSPS) is 11.1. The zero-order valence-corrected chi connectivity index (χ0v) is 16.3. The molecule has 8 nitrogen and oxygen atoms in total. The lowest BCUT2D eigenvalue weighted by Gasteiger charge is -2.08. The second-order valence-corrected chi connectivity index (χ2v) is 6.82. The number of nitrogens with zero attached hydrogens (tertiary/aromatic N) is 3. The van der Waals surface area contributed by atoms with Crippen molar-refractivity contribution in [2.75, 3.05) is 12.3 Å². The zero-order valence-electron chi connectivity index (χ0n) is 16.3. The Morgan fingerprint density at radius 2 is 1.73 bits per heavy atom. The average Bonchev–Trinajstić information content (AvgIpc) is 3.03. The van der Waals surface area contributed by atoms with E-state index in [1.165, 1.54) is 12.1 Å². The second-order valence-electron chi connectivity index (χ2n) is 6.82. The molecule has 4 aromatic rings. The van der Waals surface area contributed by atoms with E-state index in [0.29, 0.717) is 27.9 Å². The Kier molecular flexibility index (Phi) is 5.05. The Morgan fingerprint density at radius 1 is 1.07 bits per heavy atom. The number of esters is 1. The third-order valence-corrected chi connectivity index (χ3v) is 4.81. The number of carboxylic acid groups (broad SMARTS) is 1. The van der Waals surface area contributed by atoms with Crippen LogP contribution >= 0.6 is 0 Å². The minimum absolute atomic E-state index is 0.143. The molecule has 2 aromatic carbocycles. The van der Waals surface area contributed by atoms with Gasteiger partial charge in [0.05, 0.1) is 23.2 Å². The number of aromatic nitrogens is 3. The van der Waals surface area contributed by atoms with Crippen LogP contribution in [0.2, 0.25) is 0 Å². The van der Waals surface area contributed by atoms with Gasteiger partial charge in [0.2, 0.25) is 0 Å². The summed E-state index contributed by atoms with van der Waals surface area (Å²) in [7, 11) is 0. The van der Waals surface area contributed by atoms with Gasteiger partial charge in [-0.2, -0.15) is 0 Å². The van der Waals surface area contributed by atoms with E-state index < -0.39 is 11.9 Å². The Labute approximate surface area is 171 Å². The minimum Gasteiger partial charge on any atom is -0.478 e. The predicted molar refractivity (Wildman–Crippen MR) is 113 cm³/mol. The Hall–Kier alpha value is -3.94. The number of unbranched alkanes of at least 4 members (excludes halogenated alkanes) is 1. The molecule has 0 spiro atoms. The molecule has 0 aliphatic heterocycles. The van der Waals surface area contributed by atoms with Gasteiger partial charge in [-0.25, -0.2) is 19.6 Å². The maximum atomic E-state index is 12.8. The van der Waals surface area contributed by atoms with Gasteiger partial charge in [0, 0.05) is 5.69 Å². The van der Waals surface area contributed by atoms with Crippen LogP contribution in [0.15, 0.2) is 48.5 Å². The molecule has 0 radical (unpaired) electrons. The van der Waals surface area contributed by atoms with Gasteiger partial charge in [-0.15, -0.1) is 0 Å². The van der Waals surface area contributed by atoms with Gasteiger partial charge < -0.3 is 15.6 Å². The van der Waals surface area contributed by atoms with Gasteiger partial charge in [0.1, 0.15) is 16.9 Å². The summed E-state index contributed by atoms with van der Waals surface area (Å²) in [6.07, 6.45) is 1.64. The number of ether oxygens (including phenoxy) is 1. The van der Waals surface area contributed by atoms with Crippen molar-refractivity contribution in [2.45, 2.75) is 19.8 Å². The number of hydrogen-bond donors (Lipinski definition) is 2. The van der Waals surface area contributed by atoms with Gasteiger partial charge in [-0.05, 0) is 42.8 Å². The van der Waals surface area contributed by atoms with Crippen LogP contribution in [0, 0.1) is 0 Å². The van der Waals surface area contributed by atoms with Gasteiger partial charge in [-0.3, -0.25) is 4.57 Å². The van der Waals surface area contributed by atoms with Gasteiger partial charge in [-0.1, -0.05) is 25.5 Å². The van der Waals surface area contributed by atoms with Crippen molar-refractivity contribution in [1.82, 2.24) is 14.5 Å². The summed E-state index contributed by atoms with van der Waals surface area (Å²) in [4.78, 5) is 33.3. The maximum Gasteiger partial charge on any atom is 0.344 e. The van der Waals surface area contributed by atoms with Gasteiger partial charge >= 0.3 is 11.9 Å². The number of carbonyl (C=O) groups is 2. The van der Waals surface area contributed by atoms with Crippen LogP contribution in [0.25, 0.3) is 27.9 Å². The molecule has 8 heteroatoms. The first-order valence-electron chi connectivity index (χ1n) is 9.58. The summed E-state index contributed by atoms with van der Waals surface area (Å²) < 4.78 is 6.99.